The van der Waals surface area contributed by atoms with Crippen molar-refractivity contribution in [1.82, 2.24) is 4.98 Å². The number of nitrogens with one attached hydrogen (secondary N) is 2. The van der Waals surface area contributed by atoms with Crippen LogP contribution in [0.5, 0.6) is 5.75 Å². The smallest absolute Gasteiger partial charge is 0.261 e. The Balaban J connectivity index is 1.49. The fraction of sp³-hybridized carbons (Fsp3) is 0.0909. The fourth-order valence-electron chi connectivity index (χ4n) is 2.96. The topological polar surface area (TPSA) is 97.4 Å². The molecule has 164 valence electrons. The number of fused-ring (bicyclic) bond motifs is 1. The molecule has 0 aliphatic carbocycles. The summed E-state index contributed by atoms with van der Waals surface area (Å²) in [6.45, 7) is 1.88. The van der Waals surface area contributed by atoms with E-state index in [4.69, 9.17) is 16.3 Å². The van der Waals surface area contributed by atoms with E-state index in [0.29, 0.717) is 37.4 Å². The number of hydrogen-bond donors (Lipinski definition) is 2. The molecule has 7 nitrogen and oxygen atoms in total. The first-order chi connectivity index (χ1) is 15.3. The van der Waals surface area contributed by atoms with Crippen LogP contribution in [0.3, 0.4) is 0 Å². The molecular weight excluding hydrogens is 470 g/mol. The molecule has 3 aromatic carbocycles. The first-order valence-electron chi connectivity index (χ1n) is 9.41. The number of carbonyl (C=O) groups is 1. The molecule has 0 bridgehead atoms. The molecule has 0 unspecified atom stereocenters. The molecule has 4 aromatic rings. The van der Waals surface area contributed by atoms with E-state index >= 15 is 0 Å². The standard InChI is InChI=1S/C22H18ClN3O4S2/c1-13-3-9-16(10-4-13)32(28,29)26-15-7-5-14(6-8-15)21(27)25-22-24-19-18(30-2)12-11-17(23)20(19)31-22/h3-12,26H,1-2H3,(H,24,25,27). The van der Waals surface area contributed by atoms with Crippen LogP contribution in [-0.2, 0) is 10.0 Å². The SMILES string of the molecule is COc1ccc(Cl)c2sc(NC(=O)c3ccc(NS(=O)(=O)c4ccc(C)cc4)cc3)nc12. The van der Waals surface area contributed by atoms with Crippen molar-refractivity contribution in [2.75, 3.05) is 17.1 Å². The van der Waals surface area contributed by atoms with Gasteiger partial charge in [-0.15, -0.1) is 0 Å². The van der Waals surface area contributed by atoms with E-state index in [0.717, 1.165) is 5.56 Å². The summed E-state index contributed by atoms with van der Waals surface area (Å²) in [5.41, 5.74) is 2.23. The number of thiazole rings is 1. The van der Waals surface area contributed by atoms with Gasteiger partial charge in [0.25, 0.3) is 15.9 Å². The quantitative estimate of drug-likeness (QED) is 0.383. The molecule has 2 N–H and O–H groups in total. The molecule has 0 saturated carbocycles. The monoisotopic (exact) mass is 487 g/mol. The molecule has 0 saturated heterocycles. The van der Waals surface area contributed by atoms with Gasteiger partial charge in [0.1, 0.15) is 11.3 Å². The minimum atomic E-state index is -3.72. The van der Waals surface area contributed by atoms with Gasteiger partial charge >= 0.3 is 0 Å². The zero-order chi connectivity index (χ0) is 22.9. The number of amides is 1. The number of halogens is 1. The molecule has 0 radical (unpaired) electrons. The number of aromatic nitrogens is 1. The van der Waals surface area contributed by atoms with Gasteiger partial charge in [0.2, 0.25) is 0 Å². The zero-order valence-electron chi connectivity index (χ0n) is 17.0. The lowest BCUT2D eigenvalue weighted by atomic mass is 10.2. The lowest BCUT2D eigenvalue weighted by Gasteiger charge is -2.09. The molecule has 0 atom stereocenters. The van der Waals surface area contributed by atoms with Crippen LogP contribution in [0, 0.1) is 6.92 Å². The summed E-state index contributed by atoms with van der Waals surface area (Å²) in [5.74, 6) is 0.179. The first kappa shape index (κ1) is 22.1. The van der Waals surface area contributed by atoms with Gasteiger partial charge in [-0.05, 0) is 55.5 Å². The van der Waals surface area contributed by atoms with E-state index in [9.17, 15) is 13.2 Å². The van der Waals surface area contributed by atoms with Gasteiger partial charge in [-0.1, -0.05) is 40.6 Å². The second-order valence-electron chi connectivity index (χ2n) is 6.90. The van der Waals surface area contributed by atoms with Crippen molar-refractivity contribution in [2.45, 2.75) is 11.8 Å². The zero-order valence-corrected chi connectivity index (χ0v) is 19.4. The summed E-state index contributed by atoms with van der Waals surface area (Å²) in [4.78, 5) is 17.2. The van der Waals surface area contributed by atoms with Crippen molar-refractivity contribution in [3.63, 3.8) is 0 Å². The van der Waals surface area contributed by atoms with Crippen molar-refractivity contribution in [1.29, 1.82) is 0 Å². The van der Waals surface area contributed by atoms with Crippen LogP contribution in [0.4, 0.5) is 10.8 Å². The van der Waals surface area contributed by atoms with E-state index in [-0.39, 0.29) is 10.8 Å². The van der Waals surface area contributed by atoms with Crippen LogP contribution >= 0.6 is 22.9 Å². The summed E-state index contributed by atoms with van der Waals surface area (Å²) >= 11 is 7.46. The van der Waals surface area contributed by atoms with Gasteiger partial charge in [-0.3, -0.25) is 14.8 Å². The minimum absolute atomic E-state index is 0.162. The number of hydrogen-bond acceptors (Lipinski definition) is 6. The number of ether oxygens (including phenoxy) is 1. The maximum absolute atomic E-state index is 12.6. The van der Waals surface area contributed by atoms with Crippen LogP contribution < -0.4 is 14.8 Å². The number of sulfonamides is 1. The molecule has 0 fully saturated rings. The van der Waals surface area contributed by atoms with Gasteiger partial charge in [0, 0.05) is 11.3 Å². The number of nitrogens with zero attached hydrogens (tertiary/aromatic N) is 1. The highest BCUT2D eigenvalue weighted by Crippen LogP contribution is 2.37. The summed E-state index contributed by atoms with van der Waals surface area (Å²) in [6, 6.07) is 16.1. The van der Waals surface area contributed by atoms with Crippen molar-refractivity contribution < 1.29 is 17.9 Å². The van der Waals surface area contributed by atoms with Crippen molar-refractivity contribution in [3.8, 4) is 5.75 Å². The highest BCUT2D eigenvalue weighted by molar-refractivity contribution is 7.92. The highest BCUT2D eigenvalue weighted by Gasteiger charge is 2.16. The Kier molecular flexibility index (Phi) is 6.05. The maximum Gasteiger partial charge on any atom is 0.261 e. The van der Waals surface area contributed by atoms with Gasteiger partial charge in [0.05, 0.1) is 21.7 Å². The Bertz CT molecular complexity index is 1400. The molecule has 4 rings (SSSR count). The lowest BCUT2D eigenvalue weighted by molar-refractivity contribution is 0.102. The summed E-state index contributed by atoms with van der Waals surface area (Å²) < 4.78 is 33.6. The largest absolute Gasteiger partial charge is 0.494 e. The predicted octanol–water partition coefficient (Wildman–Crippen LogP) is 5.32. The van der Waals surface area contributed by atoms with Gasteiger partial charge < -0.3 is 4.74 Å². The Morgan fingerprint density at radius 3 is 2.38 bits per heavy atom. The molecular formula is C22H18ClN3O4S2. The third-order valence-corrected chi connectivity index (χ3v) is 7.46. The highest BCUT2D eigenvalue weighted by atomic mass is 35.5. The second-order valence-corrected chi connectivity index (χ2v) is 9.99. The van der Waals surface area contributed by atoms with E-state index < -0.39 is 10.0 Å². The third kappa shape index (κ3) is 4.55. The molecule has 1 heterocycles. The average Bonchev–Trinajstić information content (AvgIpc) is 3.19. The van der Waals surface area contributed by atoms with E-state index in [1.54, 1.807) is 36.4 Å². The van der Waals surface area contributed by atoms with Crippen LogP contribution in [0.2, 0.25) is 5.02 Å². The van der Waals surface area contributed by atoms with Gasteiger partial charge in [0.15, 0.2) is 5.13 Å². The predicted molar refractivity (Wildman–Crippen MR) is 128 cm³/mol. The molecule has 0 aliphatic rings. The Morgan fingerprint density at radius 1 is 1.03 bits per heavy atom. The first-order valence-corrected chi connectivity index (χ1v) is 12.1. The lowest BCUT2D eigenvalue weighted by Crippen LogP contribution is -2.14. The average molecular weight is 488 g/mol. The summed E-state index contributed by atoms with van der Waals surface area (Å²) in [6.07, 6.45) is 0. The van der Waals surface area contributed by atoms with E-state index in [2.05, 4.69) is 15.0 Å². The van der Waals surface area contributed by atoms with Gasteiger partial charge in [-0.25, -0.2) is 13.4 Å². The number of aryl methyl sites for hydroxylation is 1. The van der Waals surface area contributed by atoms with Crippen LogP contribution in [0.25, 0.3) is 10.2 Å². The normalized spacial score (nSPS) is 11.3. The minimum Gasteiger partial charge on any atom is -0.494 e. The maximum atomic E-state index is 12.6. The van der Waals surface area contributed by atoms with Crippen molar-refractivity contribution in [3.05, 3.63) is 76.8 Å². The number of carbonyl (C=O) groups excluding carboxylic acids is 1. The number of rotatable bonds is 6. The van der Waals surface area contributed by atoms with E-state index in [1.165, 1.54) is 42.7 Å². The second kappa shape index (κ2) is 8.78. The third-order valence-electron chi connectivity index (χ3n) is 4.63. The van der Waals surface area contributed by atoms with E-state index in [1.807, 2.05) is 6.92 Å². The summed E-state index contributed by atoms with van der Waals surface area (Å²) in [5, 5.41) is 3.63. The molecule has 0 aliphatic heterocycles. The van der Waals surface area contributed by atoms with Crippen LogP contribution in [0.15, 0.2) is 65.6 Å². The molecule has 10 heteroatoms. The molecule has 0 spiro atoms. The van der Waals surface area contributed by atoms with Crippen molar-refractivity contribution in [2.24, 2.45) is 0 Å². The molecule has 32 heavy (non-hydrogen) atoms. The number of methoxy groups -OCH3 is 1. The summed E-state index contributed by atoms with van der Waals surface area (Å²) in [7, 11) is -2.18. The van der Waals surface area contributed by atoms with Crippen molar-refractivity contribution >= 4 is 59.9 Å². The Morgan fingerprint density at radius 2 is 1.72 bits per heavy atom. The number of benzene rings is 3. The Hall–Kier alpha value is -3.14. The molecule has 1 amide bonds. The fourth-order valence-corrected chi connectivity index (χ4v) is 5.17. The molecule has 1 aromatic heterocycles. The Labute approximate surface area is 194 Å². The van der Waals surface area contributed by atoms with Crippen LogP contribution in [0.1, 0.15) is 15.9 Å². The number of anilines is 2. The van der Waals surface area contributed by atoms with Crippen LogP contribution in [-0.4, -0.2) is 26.4 Å². The van der Waals surface area contributed by atoms with Gasteiger partial charge in [-0.2, -0.15) is 0 Å².